The average molecular weight is 277 g/mol. The summed E-state index contributed by atoms with van der Waals surface area (Å²) in [5, 5.41) is 10.5. The molecule has 108 valence electrons. The Morgan fingerprint density at radius 3 is 2.45 bits per heavy atom. The second-order valence-electron chi connectivity index (χ2n) is 5.11. The molecule has 1 aliphatic rings. The number of pyridine rings is 1. The number of aromatic nitrogens is 1. The van der Waals surface area contributed by atoms with E-state index >= 15 is 0 Å². The van der Waals surface area contributed by atoms with Gasteiger partial charge in [-0.2, -0.15) is 0 Å². The average Bonchev–Trinajstić information content (AvgIpc) is 2.48. The molecule has 1 amide bonds. The van der Waals surface area contributed by atoms with Gasteiger partial charge in [-0.25, -0.2) is 4.98 Å². The zero-order valence-corrected chi connectivity index (χ0v) is 11.5. The Labute approximate surface area is 117 Å². The normalized spacial score (nSPS) is 22.1. The number of rotatable bonds is 4. The fourth-order valence-electron chi connectivity index (χ4n) is 2.47. The van der Waals surface area contributed by atoms with Gasteiger partial charge >= 0.3 is 5.97 Å². The molecule has 0 atom stereocenters. The summed E-state index contributed by atoms with van der Waals surface area (Å²) >= 11 is 0. The van der Waals surface area contributed by atoms with E-state index in [1.54, 1.807) is 18.3 Å². The third-order valence-corrected chi connectivity index (χ3v) is 3.72. The highest BCUT2D eigenvalue weighted by atomic mass is 16.4. The van der Waals surface area contributed by atoms with Gasteiger partial charge in [-0.05, 0) is 37.8 Å². The van der Waals surface area contributed by atoms with Crippen LogP contribution in [0.2, 0.25) is 0 Å². The number of amides is 1. The van der Waals surface area contributed by atoms with E-state index in [0.29, 0.717) is 31.5 Å². The first kappa shape index (κ1) is 14.3. The number of hydrogen-bond donors (Lipinski definition) is 2. The number of aliphatic carboxylic acids is 1. The van der Waals surface area contributed by atoms with Crippen LogP contribution in [0.1, 0.15) is 25.7 Å². The maximum Gasteiger partial charge on any atom is 0.306 e. The predicted octanol–water partition coefficient (Wildman–Crippen LogP) is 1.44. The van der Waals surface area contributed by atoms with Gasteiger partial charge < -0.3 is 5.11 Å². The monoisotopic (exact) mass is 277 g/mol. The second-order valence-corrected chi connectivity index (χ2v) is 5.11. The Bertz CT molecular complexity index is 470. The van der Waals surface area contributed by atoms with Crippen LogP contribution in [0.15, 0.2) is 24.4 Å². The molecule has 20 heavy (non-hydrogen) atoms. The van der Waals surface area contributed by atoms with E-state index < -0.39 is 5.97 Å². The largest absolute Gasteiger partial charge is 0.481 e. The molecule has 1 aromatic heterocycles. The van der Waals surface area contributed by atoms with Gasteiger partial charge in [-0.15, -0.1) is 0 Å². The summed E-state index contributed by atoms with van der Waals surface area (Å²) < 4.78 is 0. The van der Waals surface area contributed by atoms with E-state index in [-0.39, 0.29) is 17.7 Å². The van der Waals surface area contributed by atoms with Crippen LogP contribution in [-0.4, -0.2) is 29.0 Å². The highest BCUT2D eigenvalue weighted by Crippen LogP contribution is 2.29. The molecule has 0 bridgehead atoms. The number of nitrogens with zero attached hydrogens (tertiary/aromatic N) is 2. The highest BCUT2D eigenvalue weighted by molar-refractivity contribution is 5.80. The molecule has 1 saturated carbocycles. The van der Waals surface area contributed by atoms with E-state index in [0.717, 1.165) is 0 Å². The lowest BCUT2D eigenvalue weighted by Crippen LogP contribution is -2.44. The number of anilines is 1. The number of carbonyl (C=O) groups excluding carboxylic acids is 1. The van der Waals surface area contributed by atoms with Crippen LogP contribution in [-0.2, 0) is 9.59 Å². The molecule has 0 aromatic carbocycles. The molecule has 2 rings (SSSR count). The van der Waals surface area contributed by atoms with E-state index in [2.05, 4.69) is 10.4 Å². The Morgan fingerprint density at radius 1 is 1.25 bits per heavy atom. The molecule has 0 spiro atoms. The van der Waals surface area contributed by atoms with Crippen molar-refractivity contribution in [1.29, 1.82) is 0 Å². The maximum absolute atomic E-state index is 12.1. The summed E-state index contributed by atoms with van der Waals surface area (Å²) in [4.78, 5) is 27.2. The van der Waals surface area contributed by atoms with Gasteiger partial charge in [-0.1, -0.05) is 6.07 Å². The Balaban J connectivity index is 1.85. The van der Waals surface area contributed by atoms with Crippen LogP contribution in [0.3, 0.4) is 0 Å². The molecule has 0 aliphatic heterocycles. The summed E-state index contributed by atoms with van der Waals surface area (Å²) in [6.45, 7) is 0. The molecule has 0 unspecified atom stereocenters. The van der Waals surface area contributed by atoms with Crippen molar-refractivity contribution in [2.75, 3.05) is 12.1 Å². The molecule has 1 fully saturated rings. The Kier molecular flexibility index (Phi) is 4.55. The van der Waals surface area contributed by atoms with E-state index in [1.807, 2.05) is 18.2 Å². The quantitative estimate of drug-likeness (QED) is 0.814. The lowest BCUT2D eigenvalue weighted by atomic mass is 9.82. The molecular formula is C14H19N3O3. The summed E-state index contributed by atoms with van der Waals surface area (Å²) in [7, 11) is 1.74. The standard InChI is InChI=1S/C14H19N3O3/c1-17(12-4-2-3-9-15-12)16-13(18)10-5-7-11(8-6-10)14(19)20/h2-4,9-11H,5-8H2,1H3,(H,16,18)(H,19,20). The molecule has 6 nitrogen and oxygen atoms in total. The fraction of sp³-hybridized carbons (Fsp3) is 0.500. The van der Waals surface area contributed by atoms with Gasteiger partial charge in [0.1, 0.15) is 5.82 Å². The molecule has 2 N–H and O–H groups in total. The minimum atomic E-state index is -0.755. The smallest absolute Gasteiger partial charge is 0.306 e. The number of carbonyl (C=O) groups is 2. The van der Waals surface area contributed by atoms with Gasteiger partial charge in [0, 0.05) is 19.2 Å². The molecule has 6 heteroatoms. The van der Waals surface area contributed by atoms with Crippen LogP contribution >= 0.6 is 0 Å². The number of hydrogen-bond acceptors (Lipinski definition) is 4. The molecule has 0 radical (unpaired) electrons. The molecule has 1 heterocycles. The van der Waals surface area contributed by atoms with Crippen LogP contribution in [0.25, 0.3) is 0 Å². The van der Waals surface area contributed by atoms with Gasteiger partial charge in [0.05, 0.1) is 5.92 Å². The highest BCUT2D eigenvalue weighted by Gasteiger charge is 2.30. The van der Waals surface area contributed by atoms with Crippen LogP contribution < -0.4 is 10.4 Å². The third-order valence-electron chi connectivity index (χ3n) is 3.72. The lowest BCUT2D eigenvalue weighted by Gasteiger charge is -2.27. The minimum Gasteiger partial charge on any atom is -0.481 e. The van der Waals surface area contributed by atoms with Crippen molar-refractivity contribution in [3.8, 4) is 0 Å². The van der Waals surface area contributed by atoms with Crippen LogP contribution in [0.4, 0.5) is 5.82 Å². The zero-order chi connectivity index (χ0) is 14.5. The van der Waals surface area contributed by atoms with Crippen molar-refractivity contribution in [3.63, 3.8) is 0 Å². The first-order valence-electron chi connectivity index (χ1n) is 6.76. The third kappa shape index (κ3) is 3.46. The summed E-state index contributed by atoms with van der Waals surface area (Å²) in [5.74, 6) is -0.569. The van der Waals surface area contributed by atoms with Gasteiger partial charge in [0.25, 0.3) is 0 Å². The van der Waals surface area contributed by atoms with Gasteiger partial charge in [0.2, 0.25) is 5.91 Å². The SMILES string of the molecule is CN(NC(=O)C1CCC(C(=O)O)CC1)c1ccccn1. The molecular weight excluding hydrogens is 258 g/mol. The first-order valence-corrected chi connectivity index (χ1v) is 6.76. The molecule has 0 saturated heterocycles. The van der Waals surface area contributed by atoms with Crippen molar-refractivity contribution in [2.45, 2.75) is 25.7 Å². The first-order chi connectivity index (χ1) is 9.58. The maximum atomic E-state index is 12.1. The fourth-order valence-corrected chi connectivity index (χ4v) is 2.47. The topological polar surface area (TPSA) is 82.5 Å². The predicted molar refractivity (Wildman–Crippen MR) is 73.9 cm³/mol. The van der Waals surface area contributed by atoms with Crippen LogP contribution in [0.5, 0.6) is 0 Å². The Hall–Kier alpha value is -2.11. The molecule has 1 aromatic rings. The summed E-state index contributed by atoms with van der Waals surface area (Å²) in [5.41, 5.74) is 2.79. The van der Waals surface area contributed by atoms with Gasteiger partial charge in [-0.3, -0.25) is 20.0 Å². The molecule has 1 aliphatic carbocycles. The minimum absolute atomic E-state index is 0.0676. The Morgan fingerprint density at radius 2 is 1.90 bits per heavy atom. The van der Waals surface area contributed by atoms with Crippen molar-refractivity contribution < 1.29 is 14.7 Å². The lowest BCUT2D eigenvalue weighted by molar-refractivity contribution is -0.144. The van der Waals surface area contributed by atoms with Crippen molar-refractivity contribution in [2.24, 2.45) is 11.8 Å². The van der Waals surface area contributed by atoms with Crippen molar-refractivity contribution in [3.05, 3.63) is 24.4 Å². The second kappa shape index (κ2) is 6.36. The number of hydrazine groups is 1. The van der Waals surface area contributed by atoms with Crippen LogP contribution in [0, 0.1) is 11.8 Å². The van der Waals surface area contributed by atoms with Gasteiger partial charge in [0.15, 0.2) is 0 Å². The van der Waals surface area contributed by atoms with E-state index in [9.17, 15) is 9.59 Å². The summed E-state index contributed by atoms with van der Waals surface area (Å²) in [6, 6.07) is 5.47. The van der Waals surface area contributed by atoms with Crippen molar-refractivity contribution >= 4 is 17.7 Å². The summed E-state index contributed by atoms with van der Waals surface area (Å²) in [6.07, 6.45) is 4.05. The van der Waals surface area contributed by atoms with E-state index in [4.69, 9.17) is 5.11 Å². The number of carboxylic acid groups (broad SMARTS) is 1. The number of nitrogens with one attached hydrogen (secondary N) is 1. The zero-order valence-electron chi connectivity index (χ0n) is 11.5. The number of carboxylic acids is 1. The van der Waals surface area contributed by atoms with E-state index in [1.165, 1.54) is 0 Å². The van der Waals surface area contributed by atoms with Crippen molar-refractivity contribution in [1.82, 2.24) is 10.4 Å².